The Morgan fingerprint density at radius 1 is 1.55 bits per heavy atom. The maximum atomic E-state index is 13.0. The van der Waals surface area contributed by atoms with E-state index in [4.69, 9.17) is 17.3 Å². The molecule has 2 amide bonds. The van der Waals surface area contributed by atoms with Gasteiger partial charge in [-0.2, -0.15) is 18.3 Å². The topological polar surface area (TPSA) is 85.3 Å². The summed E-state index contributed by atoms with van der Waals surface area (Å²) >= 11 is 5.67. The molecule has 1 unspecified atom stereocenters. The van der Waals surface area contributed by atoms with Gasteiger partial charge in [-0.25, -0.2) is 14.3 Å². The maximum absolute atomic E-state index is 13.0. The lowest BCUT2D eigenvalue weighted by molar-refractivity contribution is -0.146. The van der Waals surface area contributed by atoms with E-state index >= 15 is 0 Å². The summed E-state index contributed by atoms with van der Waals surface area (Å²) in [6.45, 7) is 0.949. The lowest BCUT2D eigenvalue weighted by atomic mass is 10.0. The number of imidazole rings is 1. The molecule has 3 N–H and O–H groups in total. The van der Waals surface area contributed by atoms with Gasteiger partial charge in [0.15, 0.2) is 5.65 Å². The predicted octanol–water partition coefficient (Wildman–Crippen LogP) is 2.54. The molecule has 2 aromatic rings. The molecular weight excluding hydrogens is 299 g/mol. The van der Waals surface area contributed by atoms with Gasteiger partial charge in [-0.05, 0) is 6.92 Å². The van der Waals surface area contributed by atoms with Gasteiger partial charge >= 0.3 is 12.2 Å². The van der Waals surface area contributed by atoms with Gasteiger partial charge < -0.3 is 11.1 Å². The number of carbonyl (C=O) groups is 1. The summed E-state index contributed by atoms with van der Waals surface area (Å²) in [5, 5.41) is 5.91. The number of primary amides is 1. The number of alkyl halides is 3. The first kappa shape index (κ1) is 14.4. The van der Waals surface area contributed by atoms with Gasteiger partial charge in [0.05, 0.1) is 24.0 Å². The quantitative estimate of drug-likeness (QED) is 0.894. The largest absolute Gasteiger partial charge is 0.395 e. The number of fused-ring (bicyclic) bond motifs is 1. The monoisotopic (exact) mass is 307 g/mol. The van der Waals surface area contributed by atoms with Gasteiger partial charge in [-0.15, -0.1) is 0 Å². The highest BCUT2D eigenvalue weighted by Gasteiger charge is 2.40. The SMILES string of the molecule is CC(c1c(NC(N)=O)cnn2cc(Cl)nc12)C(F)(F)F. The number of amides is 2. The summed E-state index contributed by atoms with van der Waals surface area (Å²) in [6.07, 6.45) is -2.20. The molecule has 0 fully saturated rings. The highest BCUT2D eigenvalue weighted by atomic mass is 35.5. The number of nitrogens with two attached hydrogens (primary N) is 1. The van der Waals surface area contributed by atoms with Crippen LogP contribution in [0.4, 0.5) is 23.7 Å². The third kappa shape index (κ3) is 2.62. The lowest BCUT2D eigenvalue weighted by Crippen LogP contribution is -2.24. The fraction of sp³-hybridized carbons (Fsp3) is 0.300. The minimum Gasteiger partial charge on any atom is -0.351 e. The summed E-state index contributed by atoms with van der Waals surface area (Å²) in [6, 6.07) is -0.996. The van der Waals surface area contributed by atoms with Crippen molar-refractivity contribution in [1.29, 1.82) is 0 Å². The molecule has 1 atom stereocenters. The maximum Gasteiger partial charge on any atom is 0.395 e. The summed E-state index contributed by atoms with van der Waals surface area (Å²) in [5.41, 5.74) is 4.44. The van der Waals surface area contributed by atoms with Crippen LogP contribution >= 0.6 is 11.6 Å². The molecule has 10 heteroatoms. The van der Waals surface area contributed by atoms with Crippen molar-refractivity contribution in [2.75, 3.05) is 5.32 Å². The van der Waals surface area contributed by atoms with E-state index in [0.717, 1.165) is 17.6 Å². The molecule has 108 valence electrons. The molecule has 0 bridgehead atoms. The number of aromatic nitrogens is 3. The highest BCUT2D eigenvalue weighted by molar-refractivity contribution is 6.29. The van der Waals surface area contributed by atoms with Gasteiger partial charge in [0.25, 0.3) is 0 Å². The number of halogens is 4. The number of hydrogen-bond donors (Lipinski definition) is 2. The van der Waals surface area contributed by atoms with Gasteiger partial charge in [-0.3, -0.25) is 0 Å². The van der Waals surface area contributed by atoms with Crippen LogP contribution in [0.1, 0.15) is 18.4 Å². The Kier molecular flexibility index (Phi) is 3.46. The zero-order valence-electron chi connectivity index (χ0n) is 10.1. The standard InChI is InChI=1S/C10H9ClF3N5O/c1-4(10(12,13)14)7-5(17-9(15)20)2-16-19-3-6(11)18-8(7)19/h2-4H,1H3,(H3,15,17,20). The molecule has 0 aliphatic rings. The van der Waals surface area contributed by atoms with E-state index < -0.39 is 18.1 Å². The summed E-state index contributed by atoms with van der Waals surface area (Å²) < 4.78 is 40.0. The van der Waals surface area contributed by atoms with E-state index in [2.05, 4.69) is 15.4 Å². The Hall–Kier alpha value is -2.03. The second kappa shape index (κ2) is 4.82. The van der Waals surface area contributed by atoms with Crippen LogP contribution in [-0.4, -0.2) is 26.8 Å². The molecular formula is C10H9ClF3N5O. The van der Waals surface area contributed by atoms with E-state index in [9.17, 15) is 18.0 Å². The van der Waals surface area contributed by atoms with Crippen molar-refractivity contribution < 1.29 is 18.0 Å². The van der Waals surface area contributed by atoms with Crippen molar-refractivity contribution in [3.63, 3.8) is 0 Å². The van der Waals surface area contributed by atoms with Crippen LogP contribution in [0, 0.1) is 0 Å². The second-order valence-electron chi connectivity index (χ2n) is 4.06. The predicted molar refractivity (Wildman–Crippen MR) is 65.7 cm³/mol. The fourth-order valence-corrected chi connectivity index (χ4v) is 1.92. The number of nitrogens with zero attached hydrogens (tertiary/aromatic N) is 3. The molecule has 2 heterocycles. The number of carbonyl (C=O) groups excluding carboxylic acids is 1. The molecule has 0 radical (unpaired) electrons. The van der Waals surface area contributed by atoms with Crippen molar-refractivity contribution in [3.8, 4) is 0 Å². The van der Waals surface area contributed by atoms with Crippen molar-refractivity contribution in [2.45, 2.75) is 19.0 Å². The first-order valence-electron chi connectivity index (χ1n) is 5.37. The number of rotatable bonds is 2. The summed E-state index contributed by atoms with van der Waals surface area (Å²) in [5.74, 6) is -1.88. The van der Waals surface area contributed by atoms with Gasteiger partial charge in [0, 0.05) is 5.56 Å². The summed E-state index contributed by atoms with van der Waals surface area (Å²) in [7, 11) is 0. The lowest BCUT2D eigenvalue weighted by Gasteiger charge is -2.19. The Balaban J connectivity index is 2.70. The van der Waals surface area contributed by atoms with Crippen molar-refractivity contribution in [3.05, 3.63) is 23.1 Å². The minimum atomic E-state index is -4.52. The van der Waals surface area contributed by atoms with Crippen LogP contribution in [-0.2, 0) is 0 Å². The highest BCUT2D eigenvalue weighted by Crippen LogP contribution is 2.39. The zero-order valence-corrected chi connectivity index (χ0v) is 10.8. The van der Waals surface area contributed by atoms with Crippen LogP contribution in [0.15, 0.2) is 12.4 Å². The van der Waals surface area contributed by atoms with Gasteiger partial charge in [0.2, 0.25) is 0 Å². The number of anilines is 1. The average molecular weight is 308 g/mol. The Morgan fingerprint density at radius 3 is 2.75 bits per heavy atom. The number of hydrogen-bond acceptors (Lipinski definition) is 3. The molecule has 0 aliphatic heterocycles. The van der Waals surface area contributed by atoms with E-state index in [1.54, 1.807) is 0 Å². The minimum absolute atomic E-state index is 0.00986. The Morgan fingerprint density at radius 2 is 2.20 bits per heavy atom. The zero-order chi connectivity index (χ0) is 15.1. The third-order valence-corrected chi connectivity index (χ3v) is 2.86. The molecule has 0 saturated heterocycles. The number of urea groups is 1. The van der Waals surface area contributed by atoms with E-state index in [0.29, 0.717) is 0 Å². The molecule has 20 heavy (non-hydrogen) atoms. The smallest absolute Gasteiger partial charge is 0.351 e. The molecule has 6 nitrogen and oxygen atoms in total. The van der Waals surface area contributed by atoms with Gasteiger partial charge in [-0.1, -0.05) is 11.6 Å². The normalized spacial score (nSPS) is 13.4. The van der Waals surface area contributed by atoms with Crippen LogP contribution in [0.2, 0.25) is 5.15 Å². The molecule has 0 saturated carbocycles. The fourth-order valence-electron chi connectivity index (χ4n) is 1.75. The third-order valence-electron chi connectivity index (χ3n) is 2.68. The second-order valence-corrected chi connectivity index (χ2v) is 4.44. The van der Waals surface area contributed by atoms with Crippen molar-refractivity contribution in [1.82, 2.24) is 14.6 Å². The first-order valence-corrected chi connectivity index (χ1v) is 5.75. The van der Waals surface area contributed by atoms with Crippen LogP contribution in [0.3, 0.4) is 0 Å². The van der Waals surface area contributed by atoms with E-state index in [1.807, 2.05) is 0 Å². The van der Waals surface area contributed by atoms with Crippen molar-refractivity contribution in [2.24, 2.45) is 5.73 Å². The molecule has 0 aromatic carbocycles. The Labute approximate surface area is 115 Å². The van der Waals surface area contributed by atoms with Gasteiger partial charge in [0.1, 0.15) is 5.15 Å². The van der Waals surface area contributed by atoms with Crippen molar-refractivity contribution >= 4 is 29.0 Å². The van der Waals surface area contributed by atoms with E-state index in [1.165, 1.54) is 6.20 Å². The van der Waals surface area contributed by atoms with Crippen LogP contribution in [0.5, 0.6) is 0 Å². The first-order chi connectivity index (χ1) is 9.20. The molecule has 0 aliphatic carbocycles. The van der Waals surface area contributed by atoms with Crippen LogP contribution in [0.25, 0.3) is 5.65 Å². The molecule has 2 aromatic heterocycles. The Bertz CT molecular complexity index is 669. The molecule has 2 rings (SSSR count). The number of nitrogens with one attached hydrogen (secondary N) is 1. The van der Waals surface area contributed by atoms with E-state index in [-0.39, 0.29) is 22.1 Å². The average Bonchev–Trinajstić information content (AvgIpc) is 2.66. The van der Waals surface area contributed by atoms with Crippen LogP contribution < -0.4 is 11.1 Å². The molecule has 0 spiro atoms. The summed E-state index contributed by atoms with van der Waals surface area (Å²) in [4.78, 5) is 14.7.